The Balaban J connectivity index is 0.000000143. The van der Waals surface area contributed by atoms with Gasteiger partial charge in [0.2, 0.25) is 0 Å². The summed E-state index contributed by atoms with van der Waals surface area (Å²) >= 11 is 17.7. The quantitative estimate of drug-likeness (QED) is 0.0191. The van der Waals surface area contributed by atoms with Gasteiger partial charge >= 0.3 is 0 Å². The van der Waals surface area contributed by atoms with Gasteiger partial charge in [-0.15, -0.1) is 11.6 Å². The van der Waals surface area contributed by atoms with Crippen LogP contribution in [-0.4, -0.2) is 200 Å². The molecule has 8 heterocycles. The SMILES string of the molecule is C[C@@H]1O[C@H](CO)C[C@@]1(C)F.C[C@@H]1O[C@H](CO)[C@@H](O)[C@@]1(C)F.C[C@@H]1O[C@H](COC(c2ccccc2)(c2ccccc2)c2ccccc2)C[C@@]1(C)F.C[C@@H]1O[C@H](COC(c2ccccc2)(c2ccccc2)c2ccccc2)[C@@H](O)[C@@]1(C)F.C[C@@H]1O[C@H](COC(c2ccccc2)(c2ccccc2)c2ccccc2)[C@@H](OC(=S)n2ccnc2)[C@@]1(C)F.ClC(c1ccccc1)(c1ccccc1)c1ccccc1.S=C(n1ccnc1)n1ccnc1. The van der Waals surface area contributed by atoms with Crippen molar-refractivity contribution in [3.63, 3.8) is 0 Å². The van der Waals surface area contributed by atoms with Crippen LogP contribution in [0, 0.1) is 0 Å². The summed E-state index contributed by atoms with van der Waals surface area (Å²) in [6.45, 7) is 15.6. The number of thiocarbonyl (C=S) groups is 2. The zero-order valence-corrected chi connectivity index (χ0v) is 87.4. The highest BCUT2D eigenvalue weighted by Gasteiger charge is 2.58. The average Bonchev–Trinajstić information content (AvgIpc) is 1.65. The van der Waals surface area contributed by atoms with Crippen LogP contribution < -0.4 is 0 Å². The first-order valence-corrected chi connectivity index (χ1v) is 51.1. The fourth-order valence-electron chi connectivity index (χ4n) is 19.0. The van der Waals surface area contributed by atoms with Gasteiger partial charge in [-0.25, -0.2) is 36.9 Å². The number of alkyl halides is 6. The minimum atomic E-state index is -1.82. The van der Waals surface area contributed by atoms with Crippen molar-refractivity contribution < 1.29 is 85.0 Å². The largest absolute Gasteiger partial charge is 0.461 e. The third-order valence-corrected chi connectivity index (χ3v) is 29.7. The van der Waals surface area contributed by atoms with E-state index in [1.54, 1.807) is 101 Å². The summed E-state index contributed by atoms with van der Waals surface area (Å²) in [6, 6.07) is 121. The number of aliphatic hydroxyl groups excluding tert-OH is 4. The second-order valence-corrected chi connectivity index (χ2v) is 39.7. The van der Waals surface area contributed by atoms with Crippen LogP contribution in [0.2, 0.25) is 0 Å². The lowest BCUT2D eigenvalue weighted by Gasteiger charge is -2.37. The van der Waals surface area contributed by atoms with Crippen molar-refractivity contribution >= 4 is 46.3 Å². The van der Waals surface area contributed by atoms with E-state index in [1.165, 1.54) is 38.6 Å². The molecule has 5 aliphatic rings. The minimum Gasteiger partial charge on any atom is -0.461 e. The Hall–Kier alpha value is -12.3. The lowest BCUT2D eigenvalue weighted by Crippen LogP contribution is -2.46. The second-order valence-electron chi connectivity index (χ2n) is 38.4. The lowest BCUT2D eigenvalue weighted by atomic mass is 9.80. The first-order chi connectivity index (χ1) is 71.7. The van der Waals surface area contributed by atoms with E-state index in [-0.39, 0.29) is 49.9 Å². The highest BCUT2D eigenvalue weighted by molar-refractivity contribution is 7.80. The number of imidazole rings is 3. The van der Waals surface area contributed by atoms with Crippen molar-refractivity contribution in [3.05, 3.63) is 487 Å². The lowest BCUT2D eigenvalue weighted by molar-refractivity contribution is -0.0803. The van der Waals surface area contributed by atoms with Crippen LogP contribution in [0.3, 0.4) is 0 Å². The summed E-state index contributed by atoms with van der Waals surface area (Å²) in [6.07, 6.45) is 6.51. The van der Waals surface area contributed by atoms with Gasteiger partial charge < -0.3 is 63.1 Å². The monoisotopic (exact) mass is 2080 g/mol. The maximum Gasteiger partial charge on any atom is 0.269 e. The molecule has 0 saturated carbocycles. The van der Waals surface area contributed by atoms with Crippen LogP contribution in [0.25, 0.3) is 0 Å². The molecule has 3 aromatic heterocycles. The van der Waals surface area contributed by atoms with Crippen molar-refractivity contribution in [3.8, 4) is 0 Å². The zero-order valence-electron chi connectivity index (χ0n) is 85.0. The maximum atomic E-state index is 15.9. The molecule has 0 radical (unpaired) electrons. The normalized spacial score (nSPS) is 25.3. The van der Waals surface area contributed by atoms with Gasteiger partial charge in [0.15, 0.2) is 28.2 Å². The van der Waals surface area contributed by atoms with Crippen LogP contribution >= 0.6 is 36.0 Å². The molecule has 15 aromatic rings. The standard InChI is InChI=1S/C30H29FN2O3S.C26H27FO3.C26H27FO2.C19H15Cl.C7H13FO3.C7H13FO2.C7H6N4S/c1-22-29(2,31)27(36-28(37)33-19-18-32-21-33)26(35-22)20-34-30(23-12-6-3-7-13-23,24-14-8-4-9-15-24)25-16-10-5-11-17-25;1-19-25(2,27)24(28)23(30-19)18-29-26(20-12-6-3-7-13-20,21-14-8-4-9-15-21)22-16-10-5-11-17-22;1-20-25(2,27)18-24(29-20)19-28-26(21-12-6-3-7-13-21,22-14-8-4-9-15-22)23-16-10-5-11-17-23;20-19(16-10-4-1-5-11-16,17-12-6-2-7-13-17)18-14-8-3-9-15-18;1-4-7(2,8)6(10)5(3-9)11-4;1-5-7(2,8)3-6(4-9)10-5;12-7(10-3-1-8-5-10)11-4-2-9-6-11/h3-19,21-22,26-27H,20H2,1-2H3;3-17,19,23-24,28H,18H2,1-2H3;3-17,20,24H,18-19H2,1-2H3;1-15H;4-6,9-10H,3H2,1-2H3;5-6,9H,3-4H2,1-2H3;1-6H/t22-,26+,27+,29-;19-,23+,24+,25-;20-,24-,25+;;4-,5+,6+,7-;5-,6-,7+;/m000.00./s1. The molecular weight excluding hydrogens is 1950 g/mol. The van der Waals surface area contributed by atoms with Gasteiger partial charge in [-0.1, -0.05) is 364 Å². The summed E-state index contributed by atoms with van der Waals surface area (Å²) in [7, 11) is 0. The van der Waals surface area contributed by atoms with Crippen molar-refractivity contribution in [1.82, 2.24) is 28.7 Å². The first-order valence-electron chi connectivity index (χ1n) is 49.9. The van der Waals surface area contributed by atoms with E-state index in [4.69, 9.17) is 88.9 Å². The number of aliphatic hydroxyl groups is 4. The van der Waals surface area contributed by atoms with E-state index in [0.29, 0.717) is 24.6 Å². The van der Waals surface area contributed by atoms with Gasteiger partial charge in [0, 0.05) is 50.0 Å². The van der Waals surface area contributed by atoms with Gasteiger partial charge in [0.25, 0.3) is 5.17 Å². The molecule has 5 saturated heterocycles. The molecule has 12 aromatic carbocycles. The summed E-state index contributed by atoms with van der Waals surface area (Å²) < 4.78 is 131. The van der Waals surface area contributed by atoms with Gasteiger partial charge in [-0.05, 0) is 160 Å². The van der Waals surface area contributed by atoms with E-state index < -0.39 is 111 Å². The first kappa shape index (κ1) is 112. The van der Waals surface area contributed by atoms with E-state index in [1.807, 2.05) is 291 Å². The Bertz CT molecular complexity index is 6080. The van der Waals surface area contributed by atoms with Crippen LogP contribution in [-0.2, 0) is 64.3 Å². The highest BCUT2D eigenvalue weighted by Crippen LogP contribution is 2.49. The third-order valence-electron chi connectivity index (χ3n) is 28.3. The van der Waals surface area contributed by atoms with Crippen LogP contribution in [0.4, 0.5) is 22.0 Å². The molecule has 0 spiro atoms. The van der Waals surface area contributed by atoms with Crippen LogP contribution in [0.5, 0.6) is 0 Å². The molecule has 5 fully saturated rings. The average molecular weight is 2080 g/mol. The number of hydrogen-bond donors (Lipinski definition) is 4. The summed E-state index contributed by atoms with van der Waals surface area (Å²) in [5.41, 5.74) is 1.44. The topological polar surface area (TPSA) is 217 Å². The smallest absolute Gasteiger partial charge is 0.269 e. The minimum absolute atomic E-state index is 0.0453. The Morgan fingerprint density at radius 2 is 0.570 bits per heavy atom. The molecule has 780 valence electrons. The molecule has 0 unspecified atom stereocenters. The molecule has 27 heteroatoms. The number of hydrogen-bond acceptors (Lipinski definition) is 18. The van der Waals surface area contributed by atoms with Crippen LogP contribution in [0.15, 0.2) is 420 Å². The van der Waals surface area contributed by atoms with Crippen molar-refractivity contribution in [2.24, 2.45) is 0 Å². The summed E-state index contributed by atoms with van der Waals surface area (Å²) in [5.74, 6) is 0. The highest BCUT2D eigenvalue weighted by atomic mass is 35.5. The Kier molecular flexibility index (Phi) is 38.5. The van der Waals surface area contributed by atoms with Crippen LogP contribution in [0.1, 0.15) is 149 Å². The molecule has 4 N–H and O–H groups in total. The molecule has 18 atom stereocenters. The van der Waals surface area contributed by atoms with Crippen molar-refractivity contribution in [2.45, 2.75) is 211 Å². The summed E-state index contributed by atoms with van der Waals surface area (Å²) in [4.78, 5) is 11.1. The molecule has 0 amide bonds. The zero-order chi connectivity index (χ0) is 106. The fourth-order valence-corrected chi connectivity index (χ4v) is 19.8. The predicted molar refractivity (Wildman–Crippen MR) is 578 cm³/mol. The molecule has 5 aliphatic heterocycles. The van der Waals surface area contributed by atoms with E-state index >= 15 is 4.39 Å². The molecule has 0 aliphatic carbocycles. The second kappa shape index (κ2) is 51.0. The molecule has 149 heavy (non-hydrogen) atoms. The maximum absolute atomic E-state index is 15.9. The molecule has 0 bridgehead atoms. The predicted octanol–water partition coefficient (Wildman–Crippen LogP) is 23.4. The molecule has 19 nitrogen and oxygen atoms in total. The van der Waals surface area contributed by atoms with Gasteiger partial charge in [-0.3, -0.25) is 13.7 Å². The Morgan fingerprint density at radius 3 is 0.799 bits per heavy atom. The summed E-state index contributed by atoms with van der Waals surface area (Å²) in [5, 5.41) is 37.8. The van der Waals surface area contributed by atoms with Crippen molar-refractivity contribution in [1.29, 1.82) is 0 Å². The number of benzene rings is 12. The van der Waals surface area contributed by atoms with Gasteiger partial charge in [0.1, 0.15) is 82.5 Å². The fraction of sp³-hybridized carbons (Fsp3) is 0.320. The third kappa shape index (κ3) is 26.1. The molecular formula is C122H130ClF5N6O13S2. The molecule has 20 rings (SSSR count). The number of aromatic nitrogens is 6. The number of nitrogens with zero attached hydrogens (tertiary/aromatic N) is 6. The Labute approximate surface area is 885 Å². The number of halogens is 6. The van der Waals surface area contributed by atoms with E-state index in [2.05, 4.69) is 87.7 Å². The van der Waals surface area contributed by atoms with Gasteiger partial charge in [-0.2, -0.15) is 0 Å². The van der Waals surface area contributed by atoms with E-state index in [0.717, 1.165) is 66.8 Å². The van der Waals surface area contributed by atoms with E-state index in [9.17, 15) is 27.8 Å². The number of ether oxygens (including phenoxy) is 9. The number of rotatable bonds is 24. The van der Waals surface area contributed by atoms with Gasteiger partial charge in [0.05, 0.1) is 75.8 Å². The van der Waals surface area contributed by atoms with Crippen molar-refractivity contribution in [2.75, 3.05) is 33.0 Å². The Morgan fingerprint density at radius 1 is 0.329 bits per heavy atom.